The maximum absolute atomic E-state index is 13.9. The lowest BCUT2D eigenvalue weighted by atomic mass is 9.90. The van der Waals surface area contributed by atoms with Crippen molar-refractivity contribution in [3.05, 3.63) is 78.4 Å². The summed E-state index contributed by atoms with van der Waals surface area (Å²) in [6.07, 6.45) is 3.65. The van der Waals surface area contributed by atoms with Crippen LogP contribution in [0.5, 0.6) is 0 Å². The predicted octanol–water partition coefficient (Wildman–Crippen LogP) is 6.81. The van der Waals surface area contributed by atoms with Crippen molar-refractivity contribution in [2.45, 2.75) is 32.6 Å². The van der Waals surface area contributed by atoms with E-state index in [2.05, 4.69) is 26.9 Å². The Labute approximate surface area is 217 Å². The molecule has 3 heterocycles. The first kappa shape index (κ1) is 25.6. The normalized spacial score (nSPS) is 15.1. The van der Waals surface area contributed by atoms with Crippen molar-refractivity contribution in [3.8, 4) is 16.8 Å². The molecule has 1 unspecified atom stereocenters. The van der Waals surface area contributed by atoms with Crippen molar-refractivity contribution in [1.82, 2.24) is 14.8 Å². The summed E-state index contributed by atoms with van der Waals surface area (Å²) in [5.41, 5.74) is 6.32. The second-order valence-corrected chi connectivity index (χ2v) is 10.2. The first-order valence-electron chi connectivity index (χ1n) is 12.6. The zero-order chi connectivity index (χ0) is 25.9. The molecule has 1 saturated heterocycles. The molecule has 5 aromatic rings. The first-order valence-corrected chi connectivity index (χ1v) is 13.8. The average Bonchev–Trinajstić information content (AvgIpc) is 3.55. The van der Waals surface area contributed by atoms with Gasteiger partial charge in [-0.25, -0.2) is 4.39 Å². The Bertz CT molecular complexity index is 1490. The molecule has 1 atom stereocenters. The SMILES string of the molecule is CC.COP(O)c1ccc(-c2c(C3CCOCC3)n(-c3ccc(F)cc3)c3cc4cn[nH]c4cc23)cc1. The number of rotatable bonds is 5. The smallest absolute Gasteiger partial charge is 0.202 e. The third-order valence-electron chi connectivity index (χ3n) is 6.81. The molecule has 8 heteroatoms. The fourth-order valence-electron chi connectivity index (χ4n) is 5.13. The van der Waals surface area contributed by atoms with Gasteiger partial charge in [-0.2, -0.15) is 5.10 Å². The summed E-state index contributed by atoms with van der Waals surface area (Å²) in [4.78, 5) is 10.2. The second-order valence-electron chi connectivity index (χ2n) is 8.79. The Hall–Kier alpha value is -3.09. The summed E-state index contributed by atoms with van der Waals surface area (Å²) in [6.45, 7) is 5.42. The van der Waals surface area contributed by atoms with Crippen LogP contribution in [0, 0.1) is 5.82 Å². The molecule has 2 N–H and O–H groups in total. The molecule has 0 saturated carbocycles. The van der Waals surface area contributed by atoms with Crippen molar-refractivity contribution in [3.63, 3.8) is 0 Å². The van der Waals surface area contributed by atoms with Crippen LogP contribution >= 0.6 is 8.38 Å². The van der Waals surface area contributed by atoms with Gasteiger partial charge in [-0.3, -0.25) is 5.10 Å². The molecule has 1 fully saturated rings. The largest absolute Gasteiger partial charge is 0.381 e. The highest BCUT2D eigenvalue weighted by atomic mass is 31.2. The fraction of sp³-hybridized carbons (Fsp3) is 0.276. The zero-order valence-corrected chi connectivity index (χ0v) is 22.1. The molecule has 0 aliphatic carbocycles. The van der Waals surface area contributed by atoms with E-state index in [-0.39, 0.29) is 11.7 Å². The molecular weight excluding hydrogens is 488 g/mol. The topological polar surface area (TPSA) is 72.3 Å². The minimum Gasteiger partial charge on any atom is -0.381 e. The Morgan fingerprint density at radius 2 is 1.76 bits per heavy atom. The van der Waals surface area contributed by atoms with E-state index < -0.39 is 8.38 Å². The Balaban J connectivity index is 0.00000137. The summed E-state index contributed by atoms with van der Waals surface area (Å²) in [7, 11) is -0.122. The minimum atomic E-state index is -1.63. The van der Waals surface area contributed by atoms with Crippen molar-refractivity contribution in [2.24, 2.45) is 0 Å². The van der Waals surface area contributed by atoms with Crippen molar-refractivity contribution in [2.75, 3.05) is 20.3 Å². The molecule has 0 spiro atoms. The lowest BCUT2D eigenvalue weighted by Crippen LogP contribution is -2.17. The molecule has 192 valence electrons. The van der Waals surface area contributed by atoms with E-state index in [0.717, 1.165) is 56.8 Å². The first-order chi connectivity index (χ1) is 18.1. The van der Waals surface area contributed by atoms with Gasteiger partial charge in [-0.05, 0) is 66.9 Å². The predicted molar refractivity (Wildman–Crippen MR) is 148 cm³/mol. The maximum Gasteiger partial charge on any atom is 0.202 e. The lowest BCUT2D eigenvalue weighted by molar-refractivity contribution is 0.0843. The number of hydrogen-bond acceptors (Lipinski definition) is 4. The summed E-state index contributed by atoms with van der Waals surface area (Å²) < 4.78 is 27.0. The van der Waals surface area contributed by atoms with E-state index in [1.54, 1.807) is 0 Å². The van der Waals surface area contributed by atoms with Crippen LogP contribution in [0.3, 0.4) is 0 Å². The highest BCUT2D eigenvalue weighted by molar-refractivity contribution is 7.54. The van der Waals surface area contributed by atoms with Crippen LogP contribution in [0.4, 0.5) is 4.39 Å². The Kier molecular flexibility index (Phi) is 7.68. The van der Waals surface area contributed by atoms with E-state index in [9.17, 15) is 9.28 Å². The number of H-pyrrole nitrogens is 1. The number of aromatic nitrogens is 3. The van der Waals surface area contributed by atoms with E-state index >= 15 is 0 Å². The van der Waals surface area contributed by atoms with Gasteiger partial charge in [0.2, 0.25) is 8.38 Å². The molecule has 0 radical (unpaired) electrons. The van der Waals surface area contributed by atoms with Gasteiger partial charge in [0.15, 0.2) is 0 Å². The second kappa shape index (κ2) is 11.1. The molecule has 37 heavy (non-hydrogen) atoms. The van der Waals surface area contributed by atoms with E-state index in [0.29, 0.717) is 13.2 Å². The highest BCUT2D eigenvalue weighted by Gasteiger charge is 2.28. The lowest BCUT2D eigenvalue weighted by Gasteiger charge is -2.26. The molecule has 6 nitrogen and oxygen atoms in total. The quantitative estimate of drug-likeness (QED) is 0.250. The molecule has 1 aliphatic heterocycles. The molecule has 1 aliphatic rings. The number of nitrogens with one attached hydrogen (secondary N) is 1. The summed E-state index contributed by atoms with van der Waals surface area (Å²) in [5.74, 6) is 0.0193. The van der Waals surface area contributed by atoms with Crippen molar-refractivity contribution >= 4 is 35.5 Å². The minimum absolute atomic E-state index is 0.260. The van der Waals surface area contributed by atoms with Crippen LogP contribution in [0.1, 0.15) is 38.3 Å². The number of ether oxygens (including phenoxy) is 1. The molecule has 6 rings (SSSR count). The van der Waals surface area contributed by atoms with Gasteiger partial charge in [0, 0.05) is 59.3 Å². The Morgan fingerprint density at radius 3 is 2.43 bits per heavy atom. The van der Waals surface area contributed by atoms with Gasteiger partial charge in [0.1, 0.15) is 5.82 Å². The Morgan fingerprint density at radius 1 is 1.05 bits per heavy atom. The van der Waals surface area contributed by atoms with Crippen LogP contribution in [-0.2, 0) is 9.26 Å². The number of nitrogens with zero attached hydrogens (tertiary/aromatic N) is 2. The van der Waals surface area contributed by atoms with E-state index in [1.165, 1.54) is 24.9 Å². The number of halogens is 1. The number of hydrogen-bond donors (Lipinski definition) is 2. The molecule has 0 bridgehead atoms. The summed E-state index contributed by atoms with van der Waals surface area (Å²) in [6, 6.07) is 18.9. The van der Waals surface area contributed by atoms with E-state index in [4.69, 9.17) is 9.26 Å². The third kappa shape index (κ3) is 4.80. The molecule has 3 aromatic carbocycles. The van der Waals surface area contributed by atoms with Gasteiger partial charge in [-0.1, -0.05) is 26.0 Å². The fourth-order valence-corrected chi connectivity index (χ4v) is 5.75. The van der Waals surface area contributed by atoms with Crippen LogP contribution in [-0.4, -0.2) is 40.0 Å². The van der Waals surface area contributed by atoms with Crippen LogP contribution in [0.2, 0.25) is 0 Å². The highest BCUT2D eigenvalue weighted by Crippen LogP contribution is 2.44. The third-order valence-corrected chi connectivity index (χ3v) is 7.89. The van der Waals surface area contributed by atoms with Crippen LogP contribution in [0.25, 0.3) is 38.6 Å². The zero-order valence-electron chi connectivity index (χ0n) is 21.2. The molecular formula is C29H31FN3O3P. The number of fused-ring (bicyclic) bond motifs is 2. The monoisotopic (exact) mass is 519 g/mol. The van der Waals surface area contributed by atoms with Gasteiger partial charge in [0.25, 0.3) is 0 Å². The van der Waals surface area contributed by atoms with Gasteiger partial charge >= 0.3 is 0 Å². The molecule has 0 amide bonds. The van der Waals surface area contributed by atoms with Crippen LogP contribution in [0.15, 0.2) is 66.9 Å². The van der Waals surface area contributed by atoms with E-state index in [1.807, 2.05) is 56.4 Å². The van der Waals surface area contributed by atoms with Crippen LogP contribution < -0.4 is 5.30 Å². The van der Waals surface area contributed by atoms with Crippen molar-refractivity contribution in [1.29, 1.82) is 0 Å². The van der Waals surface area contributed by atoms with Gasteiger partial charge < -0.3 is 18.7 Å². The average molecular weight is 520 g/mol. The number of benzene rings is 3. The standard InChI is InChI=1S/C27H25FN3O3P.C2H6/c1-33-35(32)22-8-2-17(3-9-22)26-23-15-24-19(16-29-30-24)14-25(23)31(21-6-4-20(28)5-7-21)27(26)18-10-12-34-13-11-18;1-2/h2-9,14-16,18,32H,10-13H2,1H3,(H,29,30);1-2H3. The maximum atomic E-state index is 13.9. The molecule has 2 aromatic heterocycles. The van der Waals surface area contributed by atoms with Gasteiger partial charge in [0.05, 0.1) is 17.2 Å². The number of aromatic amines is 1. The summed E-state index contributed by atoms with van der Waals surface area (Å²) >= 11 is 0. The van der Waals surface area contributed by atoms with Crippen molar-refractivity contribution < 1.29 is 18.5 Å². The summed E-state index contributed by atoms with van der Waals surface area (Å²) in [5, 5.41) is 10.2. The van der Waals surface area contributed by atoms with Gasteiger partial charge in [-0.15, -0.1) is 0 Å².